The Morgan fingerprint density at radius 1 is 0.384 bits per heavy atom. The van der Waals surface area contributed by atoms with Crippen LogP contribution in [0.4, 0.5) is 0 Å². The molecule has 0 aliphatic heterocycles. The zero-order valence-corrected chi connectivity index (χ0v) is 69.6. The second kappa shape index (κ2) is 31.8. The molecule has 26 nitrogen and oxygen atoms in total. The van der Waals surface area contributed by atoms with Crippen molar-refractivity contribution in [1.82, 2.24) is 0 Å². The van der Waals surface area contributed by atoms with Gasteiger partial charge in [0.25, 0.3) is 0 Å². The Morgan fingerprint density at radius 2 is 0.688 bits per heavy atom. The number of benzene rings is 4. The number of aromatic hydroxyl groups is 1. The molecule has 8 saturated carbocycles. The summed E-state index contributed by atoms with van der Waals surface area (Å²) in [4.78, 5) is 0. The molecule has 0 amide bonds. The first-order valence-corrected chi connectivity index (χ1v) is 47.3. The summed E-state index contributed by atoms with van der Waals surface area (Å²) >= 11 is 0. The lowest BCUT2D eigenvalue weighted by atomic mass is 9.54. The number of ether oxygens (including phenoxy) is 3. The van der Waals surface area contributed by atoms with Crippen molar-refractivity contribution in [1.29, 1.82) is 10.5 Å². The van der Waals surface area contributed by atoms with Gasteiger partial charge in [-0.3, -0.25) is 8.37 Å². The van der Waals surface area contributed by atoms with E-state index in [1.54, 1.807) is 19.2 Å². The van der Waals surface area contributed by atoms with Gasteiger partial charge in [-0.25, -0.2) is 10.3 Å². The number of hydrogen-bond donors (Lipinski definition) is 6. The van der Waals surface area contributed by atoms with E-state index in [0.29, 0.717) is 119 Å². The van der Waals surface area contributed by atoms with Gasteiger partial charge in [0.2, 0.25) is 0 Å². The molecule has 16 rings (SSSR count). The zero-order valence-electron chi connectivity index (χ0n) is 65.6. The molecule has 0 saturated heterocycles. The highest BCUT2D eigenvalue weighted by molar-refractivity contribution is 7.85. The van der Waals surface area contributed by atoms with Gasteiger partial charge in [0.1, 0.15) is 5.75 Å². The molecule has 112 heavy (non-hydrogen) atoms. The van der Waals surface area contributed by atoms with Crippen LogP contribution < -0.4 is 52.5 Å². The second-order valence-electron chi connectivity index (χ2n) is 35.3. The molecule has 616 valence electrons. The maximum Gasteiger partial charge on any atom is 0.380 e. The number of phenols is 1. The maximum atomic E-state index is 11.5. The minimum atomic E-state index is -4.15. The largest absolute Gasteiger partial charge is 0.504 e. The standard InChI is InChI=1S/C21H28N2O4S.C21H27NO2.C20H30N2O6S2.C19H28N2O7S2/c1-21-9-7-15-16(18(21)6-4-14(21)8-10-22)5-3-13-11-20(27-28(23,24)25)19(26-2)12-17(13)15;1-21-9-7-15-16(18(21)6-4-14(21)8-10-22)5-3-13-11-19(23)20(24-2)12-17(13)15;1-3-12-10-16-13(11-18(12)27-29(21,23)24)4-5-15-14(16)8-9-20(2)17(15)6-7-19(20)28-30(22,25)26;1-19-8-7-12-13(15(19)5-6-18(19)28-30(21,24)25)4-3-11-9-17(27-29(20,22)23)16(26-2)10-14(11)12/h11-12,14-16,18H,3-9H2,1-2H3,(H2,23,24,25);11-12,14-16,18,23H,3-9H2,1-2H3;10-11,14-15,17,19H,3-9H2,1-2H3,(H2,21,23,24)(H2,22,25,26);9-10,12-13,15,18H,3-8H2,1-2H3,(H2,20,22,23)(H2,21,24,25)/t2*14-,15?,16?,18?,21-;14?,15?,17?,19-,20-;12?,13?,15?,18?,19-/m1100/s1. The third-order valence-corrected chi connectivity index (χ3v) is 32.6. The summed E-state index contributed by atoms with van der Waals surface area (Å²) in [6.07, 6.45) is 25.4. The van der Waals surface area contributed by atoms with Gasteiger partial charge in [0, 0.05) is 12.8 Å². The molecular formula is C81H113N7O19S5. The van der Waals surface area contributed by atoms with Gasteiger partial charge in [0.05, 0.1) is 45.7 Å². The molecule has 13 unspecified atom stereocenters. The van der Waals surface area contributed by atoms with E-state index in [0.717, 1.165) is 149 Å². The Labute approximate surface area is 662 Å². The van der Waals surface area contributed by atoms with E-state index < -0.39 is 51.5 Å². The molecule has 11 N–H and O–H groups in total. The van der Waals surface area contributed by atoms with Crippen LogP contribution in [0, 0.1) is 104 Å². The highest BCUT2D eigenvalue weighted by Crippen LogP contribution is 2.68. The van der Waals surface area contributed by atoms with Gasteiger partial charge in [-0.1, -0.05) is 40.7 Å². The Bertz CT molecular complexity index is 4770. The molecule has 0 radical (unpaired) electrons. The monoisotopic (exact) mass is 1650 g/mol. The molecule has 0 aromatic heterocycles. The minimum Gasteiger partial charge on any atom is -0.504 e. The van der Waals surface area contributed by atoms with Gasteiger partial charge < -0.3 is 31.9 Å². The van der Waals surface area contributed by atoms with E-state index in [2.05, 4.69) is 52.0 Å². The Kier molecular flexibility index (Phi) is 23.8. The molecule has 12 aliphatic rings. The van der Waals surface area contributed by atoms with Gasteiger partial charge in [-0.15, -0.1) is 0 Å². The third kappa shape index (κ3) is 16.7. The fourth-order valence-electron chi connectivity index (χ4n) is 25.4. The van der Waals surface area contributed by atoms with Crippen molar-refractivity contribution in [3.63, 3.8) is 0 Å². The average molecular weight is 1650 g/mol. The Balaban J connectivity index is 0.000000131. The van der Waals surface area contributed by atoms with Gasteiger partial charge in [0.15, 0.2) is 34.5 Å². The maximum absolute atomic E-state index is 11.5. The van der Waals surface area contributed by atoms with Crippen molar-refractivity contribution in [3.8, 4) is 52.4 Å². The lowest BCUT2D eigenvalue weighted by Crippen LogP contribution is -2.45. The number of rotatable bonds is 16. The third-order valence-electron chi connectivity index (χ3n) is 30.3. The molecule has 8 fully saturated rings. The summed E-state index contributed by atoms with van der Waals surface area (Å²) in [5.74, 6) is 9.33. The molecule has 20 atom stereocenters. The number of hydrogen-bond acceptors (Lipinski definition) is 21. The molecule has 4 aromatic rings. The van der Waals surface area contributed by atoms with Crippen molar-refractivity contribution >= 4 is 51.5 Å². The van der Waals surface area contributed by atoms with E-state index in [4.69, 9.17) is 60.8 Å². The normalized spacial score (nSPS) is 34.3. The smallest absolute Gasteiger partial charge is 0.380 e. The van der Waals surface area contributed by atoms with Crippen LogP contribution in [0.2, 0.25) is 0 Å². The van der Waals surface area contributed by atoms with Crippen molar-refractivity contribution < 1.29 is 82.3 Å². The summed E-state index contributed by atoms with van der Waals surface area (Å²) in [5, 5.41) is 54.0. The van der Waals surface area contributed by atoms with E-state index >= 15 is 0 Å². The number of nitrogens with two attached hydrogens (primary N) is 5. The number of nitriles is 2. The summed E-state index contributed by atoms with van der Waals surface area (Å²) in [7, 11) is -15.7. The van der Waals surface area contributed by atoms with Crippen molar-refractivity contribution in [2.45, 2.75) is 244 Å². The molecule has 31 heteroatoms. The first kappa shape index (κ1) is 83.9. The molecule has 12 aliphatic carbocycles. The lowest BCUT2D eigenvalue weighted by Gasteiger charge is -2.51. The molecule has 0 heterocycles. The van der Waals surface area contributed by atoms with Crippen LogP contribution in [0.3, 0.4) is 0 Å². The summed E-state index contributed by atoms with van der Waals surface area (Å²) in [5.41, 5.74) is 10.7. The van der Waals surface area contributed by atoms with Crippen LogP contribution in [-0.2, 0) is 92.0 Å². The quantitative estimate of drug-likeness (QED) is 0.0607. The van der Waals surface area contributed by atoms with Crippen LogP contribution in [0.5, 0.6) is 40.2 Å². The predicted octanol–water partition coefficient (Wildman–Crippen LogP) is 12.4. The Morgan fingerprint density at radius 3 is 1.02 bits per heavy atom. The SMILES string of the molecule is CCc1cc2c(cc1OS(N)(=O)=O)CCC1C2CC[C@@]2(C)C1CC[C@@H]2OS(N)(=O)=O.COc1cc2c(cc1O)CCC1C2CC[C@@]2(C)C1CC[C@@H]2CC#N.COc1cc2c(cc1OS(N)(=O)=O)CCC1C2CC[C@@]2(C)C1CC[C@@H]2CC#N.COc1cc2c(cc1OS(N)(=O)=O)CCC1C2CC[C@]2(C)C(OS(N)(=O)=O)CCC12. The van der Waals surface area contributed by atoms with Gasteiger partial charge in [-0.05, 0) is 358 Å². The van der Waals surface area contributed by atoms with Crippen LogP contribution in [0.25, 0.3) is 0 Å². The van der Waals surface area contributed by atoms with Gasteiger partial charge in [-0.2, -0.15) is 68.0 Å². The van der Waals surface area contributed by atoms with E-state index in [9.17, 15) is 57.7 Å². The van der Waals surface area contributed by atoms with E-state index in [1.807, 2.05) is 31.2 Å². The molecule has 0 spiro atoms. The summed E-state index contributed by atoms with van der Waals surface area (Å²) < 4.78 is 156. The number of phenolic OH excluding ortho intramolecular Hbond substituents is 1. The molecule has 4 aromatic carbocycles. The number of nitrogens with zero attached hydrogens (tertiary/aromatic N) is 2. The average Bonchev–Trinajstić information content (AvgIpc) is 1.50. The highest BCUT2D eigenvalue weighted by atomic mass is 32.3. The number of aryl methyl sites for hydroxylation is 5. The van der Waals surface area contributed by atoms with Crippen LogP contribution >= 0.6 is 0 Å². The lowest BCUT2D eigenvalue weighted by molar-refractivity contribution is -0.00808. The Hall–Kier alpha value is -6.07. The zero-order chi connectivity index (χ0) is 80.8. The van der Waals surface area contributed by atoms with Crippen LogP contribution in [0.15, 0.2) is 48.5 Å². The molecular weight excluding hydrogens is 1540 g/mol. The van der Waals surface area contributed by atoms with Crippen LogP contribution in [-0.4, -0.2) is 80.7 Å². The number of methoxy groups -OCH3 is 3. The van der Waals surface area contributed by atoms with Crippen molar-refractivity contribution in [2.75, 3.05) is 21.3 Å². The van der Waals surface area contributed by atoms with Crippen molar-refractivity contribution in [2.24, 2.45) is 107 Å². The van der Waals surface area contributed by atoms with Crippen LogP contribution in [0.1, 0.15) is 250 Å². The summed E-state index contributed by atoms with van der Waals surface area (Å²) in [6, 6.07) is 20.1. The summed E-state index contributed by atoms with van der Waals surface area (Å²) in [6.45, 7) is 11.1. The number of fused-ring (bicyclic) bond motifs is 20. The minimum absolute atomic E-state index is 0.0975. The highest BCUT2D eigenvalue weighted by Gasteiger charge is 2.60. The fraction of sp³-hybridized carbons (Fsp3) is 0.679. The fourth-order valence-corrected chi connectivity index (χ4v) is 27.8. The van der Waals surface area contributed by atoms with E-state index in [1.165, 1.54) is 75.0 Å². The van der Waals surface area contributed by atoms with Crippen molar-refractivity contribution in [3.05, 3.63) is 98.6 Å². The first-order valence-electron chi connectivity index (χ1n) is 40.0. The van der Waals surface area contributed by atoms with E-state index in [-0.39, 0.29) is 51.6 Å². The predicted molar refractivity (Wildman–Crippen MR) is 420 cm³/mol. The first-order chi connectivity index (χ1) is 52.7. The second-order valence-corrected chi connectivity index (χ2v) is 41.1. The molecule has 0 bridgehead atoms. The van der Waals surface area contributed by atoms with Gasteiger partial charge >= 0.3 is 51.5 Å². The topological polar surface area (TPSA) is 442 Å².